The molecule has 0 unspecified atom stereocenters. The maximum Gasteiger partial charge on any atom is 0.334 e. The molecule has 0 fully saturated rings. The van der Waals surface area contributed by atoms with Crippen molar-refractivity contribution in [1.82, 2.24) is 14.5 Å². The van der Waals surface area contributed by atoms with Crippen LogP contribution < -0.4 is 16.0 Å². The minimum Gasteiger partial charge on any atom is -0.481 e. The van der Waals surface area contributed by atoms with E-state index in [2.05, 4.69) is 9.97 Å². The largest absolute Gasteiger partial charge is 0.481 e. The van der Waals surface area contributed by atoms with E-state index in [1.54, 1.807) is 19.1 Å². The zero-order valence-corrected chi connectivity index (χ0v) is 11.2. The smallest absolute Gasteiger partial charge is 0.334 e. The van der Waals surface area contributed by atoms with E-state index < -0.39 is 11.2 Å². The van der Waals surface area contributed by atoms with Gasteiger partial charge in [0.15, 0.2) is 0 Å². The monoisotopic (exact) mass is 281 g/mol. The third-order valence-electron chi connectivity index (χ3n) is 2.69. The predicted molar refractivity (Wildman–Crippen MR) is 71.4 cm³/mol. The summed E-state index contributed by atoms with van der Waals surface area (Å²) in [5, 5.41) is 0.0789. The lowest BCUT2D eigenvalue weighted by Crippen LogP contribution is -2.36. The van der Waals surface area contributed by atoms with Crippen LogP contribution in [0.3, 0.4) is 0 Å². The average Bonchev–Trinajstić information content (AvgIpc) is 2.39. The van der Waals surface area contributed by atoms with Crippen LogP contribution in [0.5, 0.6) is 5.88 Å². The minimum absolute atomic E-state index is 0.0789. The van der Waals surface area contributed by atoms with Gasteiger partial charge in [-0.05, 0) is 12.5 Å². The van der Waals surface area contributed by atoms with Crippen molar-refractivity contribution in [3.63, 3.8) is 0 Å². The van der Waals surface area contributed by atoms with Gasteiger partial charge in [-0.2, -0.15) is 0 Å². The molecule has 0 aromatic carbocycles. The van der Waals surface area contributed by atoms with Crippen molar-refractivity contribution in [1.29, 1.82) is 0 Å². The summed E-state index contributed by atoms with van der Waals surface area (Å²) in [5.41, 5.74) is -0.321. The van der Waals surface area contributed by atoms with E-state index in [1.165, 1.54) is 13.3 Å². The molecule has 0 radical (unpaired) electrons. The van der Waals surface area contributed by atoms with Gasteiger partial charge >= 0.3 is 5.69 Å². The fourth-order valence-corrected chi connectivity index (χ4v) is 2.01. The van der Waals surface area contributed by atoms with Gasteiger partial charge in [0.1, 0.15) is 5.15 Å². The molecule has 7 heteroatoms. The van der Waals surface area contributed by atoms with Crippen LogP contribution in [0, 0.1) is 0 Å². The number of H-pyrrole nitrogens is 1. The number of rotatable bonds is 3. The molecule has 19 heavy (non-hydrogen) atoms. The van der Waals surface area contributed by atoms with Crippen molar-refractivity contribution >= 4 is 11.6 Å². The van der Waals surface area contributed by atoms with Gasteiger partial charge in [0, 0.05) is 6.07 Å². The number of hydrogen-bond acceptors (Lipinski definition) is 4. The van der Waals surface area contributed by atoms with Gasteiger partial charge in [-0.3, -0.25) is 9.78 Å². The summed E-state index contributed by atoms with van der Waals surface area (Å²) >= 11 is 5.84. The summed E-state index contributed by atoms with van der Waals surface area (Å²) in [6.45, 7) is 1.79. The number of methoxy groups -OCH3 is 1. The van der Waals surface area contributed by atoms with Crippen LogP contribution in [0.4, 0.5) is 0 Å². The van der Waals surface area contributed by atoms with Crippen LogP contribution in [0.1, 0.15) is 12.5 Å². The summed E-state index contributed by atoms with van der Waals surface area (Å²) in [6, 6.07) is 3.15. The van der Waals surface area contributed by atoms with Crippen molar-refractivity contribution in [3.05, 3.63) is 49.9 Å². The Hall–Kier alpha value is -2.08. The second-order valence-corrected chi connectivity index (χ2v) is 4.15. The summed E-state index contributed by atoms with van der Waals surface area (Å²) < 4.78 is 5.92. The highest BCUT2D eigenvalue weighted by atomic mass is 35.5. The molecule has 0 amide bonds. The molecular weight excluding hydrogens is 270 g/mol. The standard InChI is InChI=1S/C12H12ClN3O3/c1-3-8-10(13)15-12(18)16(11(8)17)7-4-5-9(19-2)14-6-7/h4-6H,3H2,1-2H3,(H,15,18). The molecule has 0 saturated heterocycles. The SMILES string of the molecule is CCc1c(Cl)[nH]c(=O)n(-c2ccc(OC)nc2)c1=O. The first kappa shape index (κ1) is 13.4. The van der Waals surface area contributed by atoms with Crippen LogP contribution in [0.2, 0.25) is 5.15 Å². The highest BCUT2D eigenvalue weighted by molar-refractivity contribution is 6.30. The second-order valence-electron chi connectivity index (χ2n) is 3.78. The fourth-order valence-electron chi connectivity index (χ4n) is 1.71. The molecule has 0 saturated carbocycles. The Labute approximate surface area is 113 Å². The maximum absolute atomic E-state index is 12.2. The summed E-state index contributed by atoms with van der Waals surface area (Å²) in [7, 11) is 1.48. The van der Waals surface area contributed by atoms with Crippen LogP contribution in [0.15, 0.2) is 27.9 Å². The number of hydrogen-bond donors (Lipinski definition) is 1. The van der Waals surface area contributed by atoms with Gasteiger partial charge in [-0.15, -0.1) is 0 Å². The van der Waals surface area contributed by atoms with E-state index >= 15 is 0 Å². The van der Waals surface area contributed by atoms with E-state index in [1.807, 2.05) is 0 Å². The molecule has 100 valence electrons. The van der Waals surface area contributed by atoms with Crippen LogP contribution >= 0.6 is 11.6 Å². The third-order valence-corrected chi connectivity index (χ3v) is 3.01. The van der Waals surface area contributed by atoms with Gasteiger partial charge in [0.2, 0.25) is 5.88 Å². The van der Waals surface area contributed by atoms with Crippen molar-refractivity contribution in [2.24, 2.45) is 0 Å². The first-order valence-corrected chi connectivity index (χ1v) is 6.00. The Bertz CT molecular complexity index is 704. The third kappa shape index (κ3) is 2.39. The van der Waals surface area contributed by atoms with E-state index in [4.69, 9.17) is 16.3 Å². The molecule has 0 spiro atoms. The molecular formula is C12H12ClN3O3. The summed E-state index contributed by atoms with van der Waals surface area (Å²) in [4.78, 5) is 30.4. The number of halogens is 1. The number of ether oxygens (including phenoxy) is 1. The Kier molecular flexibility index (Phi) is 3.71. The Morgan fingerprint density at radius 1 is 1.42 bits per heavy atom. The fraction of sp³-hybridized carbons (Fsp3) is 0.250. The average molecular weight is 282 g/mol. The number of pyridine rings is 1. The lowest BCUT2D eigenvalue weighted by Gasteiger charge is -2.08. The Morgan fingerprint density at radius 2 is 2.16 bits per heavy atom. The van der Waals surface area contributed by atoms with Crippen molar-refractivity contribution in [2.45, 2.75) is 13.3 Å². The van der Waals surface area contributed by atoms with Gasteiger partial charge in [0.25, 0.3) is 5.56 Å². The molecule has 0 aliphatic rings. The number of nitrogens with one attached hydrogen (secondary N) is 1. The molecule has 0 bridgehead atoms. The molecule has 0 aliphatic carbocycles. The predicted octanol–water partition coefficient (Wildman–Crippen LogP) is 1.15. The highest BCUT2D eigenvalue weighted by Gasteiger charge is 2.12. The number of aromatic amines is 1. The van der Waals surface area contributed by atoms with Crippen molar-refractivity contribution < 1.29 is 4.74 Å². The van der Waals surface area contributed by atoms with Crippen LogP contribution in [0.25, 0.3) is 5.69 Å². The Balaban J connectivity index is 2.68. The van der Waals surface area contributed by atoms with E-state index in [0.717, 1.165) is 4.57 Å². The first-order chi connectivity index (χ1) is 9.08. The molecule has 0 atom stereocenters. The van der Waals surface area contributed by atoms with E-state index in [-0.39, 0.29) is 5.15 Å². The number of nitrogens with zero attached hydrogens (tertiary/aromatic N) is 2. The van der Waals surface area contributed by atoms with Gasteiger partial charge < -0.3 is 4.74 Å². The molecule has 2 aromatic rings. The second kappa shape index (κ2) is 5.27. The van der Waals surface area contributed by atoms with Crippen molar-refractivity contribution in [2.75, 3.05) is 7.11 Å². The summed E-state index contributed by atoms with van der Waals surface area (Å²) in [5.74, 6) is 0.401. The van der Waals surface area contributed by atoms with Crippen LogP contribution in [-0.4, -0.2) is 21.6 Å². The highest BCUT2D eigenvalue weighted by Crippen LogP contribution is 2.10. The summed E-state index contributed by atoms with van der Waals surface area (Å²) in [6.07, 6.45) is 1.82. The quantitative estimate of drug-likeness (QED) is 0.856. The molecule has 1 N–H and O–H groups in total. The topological polar surface area (TPSA) is 77.0 Å². The van der Waals surface area contributed by atoms with Gasteiger partial charge in [-0.25, -0.2) is 14.3 Å². The van der Waals surface area contributed by atoms with Gasteiger partial charge in [-0.1, -0.05) is 18.5 Å². The Morgan fingerprint density at radius 3 is 2.68 bits per heavy atom. The number of aromatic nitrogens is 3. The van der Waals surface area contributed by atoms with Crippen molar-refractivity contribution in [3.8, 4) is 11.6 Å². The first-order valence-electron chi connectivity index (χ1n) is 5.62. The lowest BCUT2D eigenvalue weighted by molar-refractivity contribution is 0.397. The molecule has 2 aromatic heterocycles. The van der Waals surface area contributed by atoms with Gasteiger partial charge in [0.05, 0.1) is 24.6 Å². The lowest BCUT2D eigenvalue weighted by atomic mass is 10.2. The van der Waals surface area contributed by atoms with Crippen LogP contribution in [-0.2, 0) is 6.42 Å². The molecule has 2 rings (SSSR count). The van der Waals surface area contributed by atoms with E-state index in [9.17, 15) is 9.59 Å². The zero-order valence-electron chi connectivity index (χ0n) is 10.4. The minimum atomic E-state index is -0.598. The zero-order chi connectivity index (χ0) is 14.0. The van der Waals surface area contributed by atoms with E-state index in [0.29, 0.717) is 23.6 Å². The normalized spacial score (nSPS) is 10.5. The molecule has 0 aliphatic heterocycles. The molecule has 6 nitrogen and oxygen atoms in total. The maximum atomic E-state index is 12.2. The molecule has 2 heterocycles.